The van der Waals surface area contributed by atoms with E-state index in [0.29, 0.717) is 6.29 Å². The Bertz CT molecular complexity index is 154. The molecule has 6 nitrogen and oxygen atoms in total. The molecule has 0 unspecified atom stereocenters. The van der Waals surface area contributed by atoms with Gasteiger partial charge in [-0.15, -0.1) is 0 Å². The molecule has 0 bridgehead atoms. The van der Waals surface area contributed by atoms with Crippen LogP contribution in [-0.4, -0.2) is 57.7 Å². The lowest BCUT2D eigenvalue weighted by Gasteiger charge is -2.23. The first-order valence-electron chi connectivity index (χ1n) is 3.46. The van der Waals surface area contributed by atoms with Gasteiger partial charge in [-0.05, 0) is 0 Å². The average molecular weight is 306 g/mol. The highest BCUT2D eigenvalue weighted by Crippen LogP contribution is 2.08. The molecule has 0 fully saturated rings. The highest BCUT2D eigenvalue weighted by atomic mass is 127. The summed E-state index contributed by atoms with van der Waals surface area (Å²) in [6, 6.07) is 0. The highest BCUT2D eigenvalue weighted by Gasteiger charge is 2.31. The molecule has 0 aliphatic rings. The van der Waals surface area contributed by atoms with Crippen LogP contribution in [0.5, 0.6) is 0 Å². The van der Waals surface area contributed by atoms with Crippen LogP contribution in [0.1, 0.15) is 0 Å². The Labute approximate surface area is 88.8 Å². The van der Waals surface area contributed by atoms with Crippen LogP contribution >= 0.6 is 23.0 Å². The van der Waals surface area contributed by atoms with Crippen molar-refractivity contribution in [1.29, 1.82) is 0 Å². The molecule has 0 aliphatic heterocycles. The Balaban J connectivity index is 4.21. The number of hydrogen-bond donors (Lipinski definition) is 4. The zero-order valence-electron chi connectivity index (χ0n) is 6.58. The first-order chi connectivity index (χ1) is 6.08. The van der Waals surface area contributed by atoms with Crippen molar-refractivity contribution in [3.63, 3.8) is 0 Å². The van der Waals surface area contributed by atoms with E-state index in [-0.39, 0.29) is 0 Å². The second-order valence-corrected chi connectivity index (χ2v) is 2.93. The van der Waals surface area contributed by atoms with Gasteiger partial charge in [0.15, 0.2) is 12.4 Å². The first-order valence-corrected chi connectivity index (χ1v) is 4.34. The van der Waals surface area contributed by atoms with Gasteiger partial charge < -0.3 is 28.3 Å². The number of aliphatic hydroxyl groups is 4. The van der Waals surface area contributed by atoms with Crippen molar-refractivity contribution in [2.45, 2.75) is 24.4 Å². The summed E-state index contributed by atoms with van der Waals surface area (Å²) >= 11 is 1.39. The molecule has 0 saturated carbocycles. The van der Waals surface area contributed by atoms with Crippen molar-refractivity contribution in [3.05, 3.63) is 0 Å². The minimum atomic E-state index is -1.62. The smallest absolute Gasteiger partial charge is 0.153 e. The maximum absolute atomic E-state index is 10.2. The summed E-state index contributed by atoms with van der Waals surface area (Å²) in [6.07, 6.45) is -5.60. The van der Waals surface area contributed by atoms with Crippen LogP contribution in [0.4, 0.5) is 0 Å². The third-order valence-corrected chi connectivity index (χ3v) is 2.09. The third kappa shape index (κ3) is 3.83. The molecule has 4 N–H and O–H groups in total. The fourth-order valence-electron chi connectivity index (χ4n) is 0.684. The van der Waals surface area contributed by atoms with Gasteiger partial charge in [0.1, 0.15) is 41.3 Å². The lowest BCUT2D eigenvalue weighted by molar-refractivity contribution is -0.129. The number of hydrogen-bond acceptors (Lipinski definition) is 6. The minimum absolute atomic E-state index is 0.296. The second-order valence-electron chi connectivity index (χ2n) is 2.42. The summed E-state index contributed by atoms with van der Waals surface area (Å²) in [6.45, 7) is -0.703. The van der Waals surface area contributed by atoms with Crippen LogP contribution in [0, 0.1) is 0 Å². The number of aldehydes is 1. The molecular formula is C6H11IO6. The van der Waals surface area contributed by atoms with Gasteiger partial charge in [-0.3, -0.25) is 0 Å². The van der Waals surface area contributed by atoms with Crippen molar-refractivity contribution in [2.75, 3.05) is 6.61 Å². The normalized spacial score (nSPS) is 20.4. The summed E-state index contributed by atoms with van der Waals surface area (Å²) in [5.41, 5.74) is 0. The zero-order valence-corrected chi connectivity index (χ0v) is 8.73. The topological polar surface area (TPSA) is 107 Å². The van der Waals surface area contributed by atoms with Crippen LogP contribution in [-0.2, 0) is 7.86 Å². The van der Waals surface area contributed by atoms with Gasteiger partial charge in [-0.25, -0.2) is 0 Å². The maximum atomic E-state index is 10.2. The van der Waals surface area contributed by atoms with E-state index in [1.165, 1.54) is 23.0 Å². The Morgan fingerprint density at radius 1 is 1.31 bits per heavy atom. The van der Waals surface area contributed by atoms with E-state index in [1.807, 2.05) is 0 Å². The number of carbonyl (C=O) groups is 1. The van der Waals surface area contributed by atoms with Gasteiger partial charge in [-0.2, -0.15) is 0 Å². The van der Waals surface area contributed by atoms with Crippen molar-refractivity contribution < 1.29 is 28.3 Å². The molecule has 0 radical (unpaired) electrons. The number of aliphatic hydroxyl groups excluding tert-OH is 4. The summed E-state index contributed by atoms with van der Waals surface area (Å²) in [4.78, 5) is 10.2. The fraction of sp³-hybridized carbons (Fsp3) is 0.833. The van der Waals surface area contributed by atoms with E-state index < -0.39 is 31.0 Å². The van der Waals surface area contributed by atoms with E-state index in [9.17, 15) is 9.90 Å². The standard InChI is InChI=1S/C6H11IO6/c7-13-4(2-9)6(12)5(11)3(10)1-8/h2-6,8,10-12H,1H2/t3-,4+,5+,6-/m1/s1. The van der Waals surface area contributed by atoms with Crippen molar-refractivity contribution in [2.24, 2.45) is 0 Å². The molecule has 0 aromatic rings. The first kappa shape index (κ1) is 13.2. The van der Waals surface area contributed by atoms with Crippen LogP contribution in [0.15, 0.2) is 0 Å². The van der Waals surface area contributed by atoms with Gasteiger partial charge >= 0.3 is 0 Å². The molecule has 0 heterocycles. The number of carbonyl (C=O) groups excluding carboxylic acids is 1. The predicted molar refractivity (Wildman–Crippen MR) is 50.1 cm³/mol. The van der Waals surface area contributed by atoms with E-state index in [4.69, 9.17) is 15.3 Å². The summed E-state index contributed by atoms with van der Waals surface area (Å²) < 4.78 is 4.48. The molecule has 0 saturated heterocycles. The van der Waals surface area contributed by atoms with Crippen LogP contribution in [0.3, 0.4) is 0 Å². The molecular weight excluding hydrogens is 295 g/mol. The van der Waals surface area contributed by atoms with Crippen molar-refractivity contribution in [1.82, 2.24) is 0 Å². The predicted octanol–water partition coefficient (Wildman–Crippen LogP) is -2.00. The summed E-state index contributed by atoms with van der Waals surface area (Å²) in [5, 5.41) is 35.6. The molecule has 13 heavy (non-hydrogen) atoms. The van der Waals surface area contributed by atoms with E-state index >= 15 is 0 Å². The summed E-state index contributed by atoms with van der Waals surface area (Å²) in [5.74, 6) is 0. The molecule has 0 spiro atoms. The molecule has 4 atom stereocenters. The van der Waals surface area contributed by atoms with E-state index in [0.717, 1.165) is 0 Å². The quantitative estimate of drug-likeness (QED) is 0.334. The Kier molecular flexibility index (Phi) is 6.73. The van der Waals surface area contributed by atoms with Crippen molar-refractivity contribution in [3.8, 4) is 0 Å². The Morgan fingerprint density at radius 2 is 1.85 bits per heavy atom. The van der Waals surface area contributed by atoms with Gasteiger partial charge in [0, 0.05) is 0 Å². The molecule has 78 valence electrons. The second kappa shape index (κ2) is 6.62. The molecule has 7 heteroatoms. The van der Waals surface area contributed by atoms with Crippen molar-refractivity contribution >= 4 is 29.3 Å². The lowest BCUT2D eigenvalue weighted by Crippen LogP contribution is -2.46. The van der Waals surface area contributed by atoms with Gasteiger partial charge in [0.05, 0.1) is 6.61 Å². The average Bonchev–Trinajstić information content (AvgIpc) is 2.17. The van der Waals surface area contributed by atoms with E-state index in [2.05, 4.69) is 3.07 Å². The van der Waals surface area contributed by atoms with Gasteiger partial charge in [0.2, 0.25) is 0 Å². The van der Waals surface area contributed by atoms with E-state index in [1.54, 1.807) is 0 Å². The van der Waals surface area contributed by atoms with Crippen LogP contribution in [0.25, 0.3) is 0 Å². The molecule has 0 amide bonds. The third-order valence-electron chi connectivity index (χ3n) is 1.50. The lowest BCUT2D eigenvalue weighted by atomic mass is 10.0. The molecule has 0 aliphatic carbocycles. The largest absolute Gasteiger partial charge is 0.394 e. The van der Waals surface area contributed by atoms with Crippen LogP contribution < -0.4 is 0 Å². The summed E-state index contributed by atoms with van der Waals surface area (Å²) in [7, 11) is 0. The Morgan fingerprint density at radius 3 is 2.15 bits per heavy atom. The molecule has 0 aromatic carbocycles. The Hall–Kier alpha value is 0.200. The molecule has 0 rings (SSSR count). The maximum Gasteiger partial charge on any atom is 0.153 e. The number of rotatable bonds is 6. The zero-order chi connectivity index (χ0) is 10.4. The van der Waals surface area contributed by atoms with Gasteiger partial charge in [-0.1, -0.05) is 0 Å². The monoisotopic (exact) mass is 306 g/mol. The van der Waals surface area contributed by atoms with Gasteiger partial charge in [0.25, 0.3) is 0 Å². The molecule has 0 aromatic heterocycles. The number of halogens is 1. The van der Waals surface area contributed by atoms with Crippen LogP contribution in [0.2, 0.25) is 0 Å². The fourth-order valence-corrected chi connectivity index (χ4v) is 1.10. The SMILES string of the molecule is O=C[C@H](OI)[C@@H](O)[C@@H](O)[C@H](O)CO. The minimum Gasteiger partial charge on any atom is -0.394 e. The highest BCUT2D eigenvalue weighted by molar-refractivity contribution is 14.1.